The van der Waals surface area contributed by atoms with Crippen molar-refractivity contribution < 1.29 is 5.11 Å². The van der Waals surface area contributed by atoms with Crippen LogP contribution in [-0.4, -0.2) is 15.1 Å². The molecule has 0 aliphatic rings. The standard InChI is InChI=1S/C17H18N2OS/c1-3-15(20)12-6-4-5-7-16(12)21-17-18-13-9-8-11(2)10-14(13)19-17/h4-10,15,20H,3H2,1-2H3,(H,18,19)/t15-/m1/s1. The topological polar surface area (TPSA) is 48.9 Å². The molecule has 1 aromatic heterocycles. The molecule has 1 heterocycles. The van der Waals surface area contributed by atoms with Crippen molar-refractivity contribution in [2.45, 2.75) is 36.4 Å². The van der Waals surface area contributed by atoms with Crippen LogP contribution in [0.3, 0.4) is 0 Å². The molecular formula is C17H18N2OS. The highest BCUT2D eigenvalue weighted by Crippen LogP contribution is 2.33. The van der Waals surface area contributed by atoms with Crippen LogP contribution in [0.2, 0.25) is 0 Å². The van der Waals surface area contributed by atoms with Crippen molar-refractivity contribution in [1.29, 1.82) is 0 Å². The lowest BCUT2D eigenvalue weighted by molar-refractivity contribution is 0.171. The fraction of sp³-hybridized carbons (Fsp3) is 0.235. The first kappa shape index (κ1) is 14.2. The van der Waals surface area contributed by atoms with Crippen LogP contribution in [0.1, 0.15) is 30.6 Å². The molecule has 0 aliphatic heterocycles. The molecule has 0 aliphatic carbocycles. The zero-order valence-corrected chi connectivity index (χ0v) is 12.9. The summed E-state index contributed by atoms with van der Waals surface area (Å²) >= 11 is 1.56. The highest BCUT2D eigenvalue weighted by atomic mass is 32.2. The second-order valence-electron chi connectivity index (χ2n) is 5.13. The van der Waals surface area contributed by atoms with Crippen LogP contribution in [0, 0.1) is 6.92 Å². The molecule has 0 unspecified atom stereocenters. The van der Waals surface area contributed by atoms with Gasteiger partial charge in [-0.2, -0.15) is 0 Å². The Hall–Kier alpha value is -1.78. The van der Waals surface area contributed by atoms with E-state index in [1.807, 2.05) is 37.3 Å². The summed E-state index contributed by atoms with van der Waals surface area (Å²) in [6, 6.07) is 14.1. The number of H-pyrrole nitrogens is 1. The Morgan fingerprint density at radius 1 is 1.24 bits per heavy atom. The SMILES string of the molecule is CC[C@@H](O)c1ccccc1Sc1nc2ccc(C)cc2[nH]1. The summed E-state index contributed by atoms with van der Waals surface area (Å²) in [5, 5.41) is 11.0. The number of aliphatic hydroxyl groups is 1. The number of benzene rings is 2. The summed E-state index contributed by atoms with van der Waals surface area (Å²) in [5.74, 6) is 0. The lowest BCUT2D eigenvalue weighted by Gasteiger charge is -2.12. The van der Waals surface area contributed by atoms with Crippen molar-refractivity contribution in [2.75, 3.05) is 0 Å². The maximum absolute atomic E-state index is 10.1. The average Bonchev–Trinajstić information content (AvgIpc) is 2.88. The summed E-state index contributed by atoms with van der Waals surface area (Å²) in [7, 11) is 0. The molecule has 3 rings (SSSR count). The van der Waals surface area contributed by atoms with Gasteiger partial charge in [0.2, 0.25) is 0 Å². The highest BCUT2D eigenvalue weighted by molar-refractivity contribution is 7.99. The van der Waals surface area contributed by atoms with Crippen LogP contribution in [0.25, 0.3) is 11.0 Å². The molecule has 0 amide bonds. The number of nitrogens with zero attached hydrogens (tertiary/aromatic N) is 1. The van der Waals surface area contributed by atoms with Crippen molar-refractivity contribution in [3.63, 3.8) is 0 Å². The number of imidazole rings is 1. The van der Waals surface area contributed by atoms with Gasteiger partial charge in [0.25, 0.3) is 0 Å². The molecule has 21 heavy (non-hydrogen) atoms. The zero-order chi connectivity index (χ0) is 14.8. The van der Waals surface area contributed by atoms with E-state index in [9.17, 15) is 5.11 Å². The van der Waals surface area contributed by atoms with E-state index in [0.717, 1.165) is 26.6 Å². The normalized spacial score (nSPS) is 12.7. The van der Waals surface area contributed by atoms with Crippen molar-refractivity contribution in [2.24, 2.45) is 0 Å². The van der Waals surface area contributed by atoms with Gasteiger partial charge in [0.05, 0.1) is 17.1 Å². The number of fused-ring (bicyclic) bond motifs is 1. The van der Waals surface area contributed by atoms with Gasteiger partial charge in [-0.15, -0.1) is 0 Å². The van der Waals surface area contributed by atoms with E-state index in [0.29, 0.717) is 6.42 Å². The number of hydrogen-bond acceptors (Lipinski definition) is 3. The van der Waals surface area contributed by atoms with Gasteiger partial charge in [0.1, 0.15) is 0 Å². The molecule has 0 bridgehead atoms. The Balaban J connectivity index is 1.95. The molecule has 1 atom stereocenters. The maximum Gasteiger partial charge on any atom is 0.171 e. The van der Waals surface area contributed by atoms with Gasteiger partial charge in [0, 0.05) is 4.90 Å². The first-order valence-corrected chi connectivity index (χ1v) is 7.90. The third kappa shape index (κ3) is 2.96. The first-order valence-electron chi connectivity index (χ1n) is 7.08. The molecule has 2 N–H and O–H groups in total. The Morgan fingerprint density at radius 3 is 2.86 bits per heavy atom. The Bertz CT molecular complexity index is 766. The third-order valence-corrected chi connectivity index (χ3v) is 4.47. The number of aromatic nitrogens is 2. The average molecular weight is 298 g/mol. The molecule has 0 saturated carbocycles. The van der Waals surface area contributed by atoms with Gasteiger partial charge >= 0.3 is 0 Å². The quantitative estimate of drug-likeness (QED) is 0.747. The second-order valence-corrected chi connectivity index (χ2v) is 6.16. The van der Waals surface area contributed by atoms with Crippen LogP contribution < -0.4 is 0 Å². The van der Waals surface area contributed by atoms with Gasteiger partial charge in [0.15, 0.2) is 5.16 Å². The molecule has 0 spiro atoms. The molecular weight excluding hydrogens is 280 g/mol. The molecule has 3 aromatic rings. The van der Waals surface area contributed by atoms with Crippen LogP contribution in [-0.2, 0) is 0 Å². The van der Waals surface area contributed by atoms with Crippen LogP contribution >= 0.6 is 11.8 Å². The van der Waals surface area contributed by atoms with Crippen LogP contribution in [0.4, 0.5) is 0 Å². The molecule has 0 fully saturated rings. The van der Waals surface area contributed by atoms with E-state index in [-0.39, 0.29) is 0 Å². The van der Waals surface area contributed by atoms with Crippen molar-refractivity contribution in [1.82, 2.24) is 9.97 Å². The van der Waals surface area contributed by atoms with Gasteiger partial charge < -0.3 is 10.1 Å². The third-order valence-electron chi connectivity index (χ3n) is 3.49. The first-order chi connectivity index (χ1) is 10.2. The predicted molar refractivity (Wildman–Crippen MR) is 86.6 cm³/mol. The molecule has 2 aromatic carbocycles. The maximum atomic E-state index is 10.1. The molecule has 0 saturated heterocycles. The number of rotatable bonds is 4. The van der Waals surface area contributed by atoms with Gasteiger partial charge in [-0.25, -0.2) is 4.98 Å². The van der Waals surface area contributed by atoms with E-state index in [4.69, 9.17) is 0 Å². The second kappa shape index (κ2) is 5.92. The zero-order valence-electron chi connectivity index (χ0n) is 12.1. The lowest BCUT2D eigenvalue weighted by atomic mass is 10.1. The smallest absolute Gasteiger partial charge is 0.171 e. The van der Waals surface area contributed by atoms with Gasteiger partial charge in [-0.1, -0.05) is 43.0 Å². The fourth-order valence-corrected chi connectivity index (χ4v) is 3.30. The van der Waals surface area contributed by atoms with Crippen LogP contribution in [0.5, 0.6) is 0 Å². The largest absolute Gasteiger partial charge is 0.388 e. The lowest BCUT2D eigenvalue weighted by Crippen LogP contribution is -1.97. The monoisotopic (exact) mass is 298 g/mol. The Kier molecular flexibility index (Phi) is 3.99. The highest BCUT2D eigenvalue weighted by Gasteiger charge is 2.12. The minimum atomic E-state index is -0.430. The summed E-state index contributed by atoms with van der Waals surface area (Å²) in [6.07, 6.45) is 0.275. The number of aromatic amines is 1. The number of hydrogen-bond donors (Lipinski definition) is 2. The summed E-state index contributed by atoms with van der Waals surface area (Å²) in [6.45, 7) is 4.05. The van der Waals surface area contributed by atoms with E-state index in [1.165, 1.54) is 5.56 Å². The van der Waals surface area contributed by atoms with Gasteiger partial charge in [-0.05, 0) is 42.7 Å². The summed E-state index contributed by atoms with van der Waals surface area (Å²) < 4.78 is 0. The summed E-state index contributed by atoms with van der Waals surface area (Å²) in [4.78, 5) is 8.98. The van der Waals surface area contributed by atoms with E-state index < -0.39 is 6.10 Å². The van der Waals surface area contributed by atoms with Crippen molar-refractivity contribution >= 4 is 22.8 Å². The molecule has 0 radical (unpaired) electrons. The van der Waals surface area contributed by atoms with Crippen LogP contribution in [0.15, 0.2) is 52.5 Å². The number of aryl methyl sites for hydroxylation is 1. The Morgan fingerprint density at radius 2 is 2.05 bits per heavy atom. The van der Waals surface area contributed by atoms with Crippen molar-refractivity contribution in [3.05, 3.63) is 53.6 Å². The Labute approximate surface area is 128 Å². The van der Waals surface area contributed by atoms with E-state index >= 15 is 0 Å². The number of aliphatic hydroxyl groups excluding tert-OH is 1. The van der Waals surface area contributed by atoms with Crippen molar-refractivity contribution in [3.8, 4) is 0 Å². The molecule has 108 valence electrons. The fourth-order valence-electron chi connectivity index (χ4n) is 2.32. The summed E-state index contributed by atoms with van der Waals surface area (Å²) in [5.41, 5.74) is 4.19. The van der Waals surface area contributed by atoms with E-state index in [2.05, 4.69) is 29.0 Å². The predicted octanol–water partition coefficient (Wildman–Crippen LogP) is 4.47. The minimum absolute atomic E-state index is 0.430. The molecule has 4 heteroatoms. The molecule has 3 nitrogen and oxygen atoms in total. The van der Waals surface area contributed by atoms with E-state index in [1.54, 1.807) is 11.8 Å². The van der Waals surface area contributed by atoms with Gasteiger partial charge in [-0.3, -0.25) is 0 Å². The minimum Gasteiger partial charge on any atom is -0.388 e. The number of nitrogens with one attached hydrogen (secondary N) is 1.